The Hall–Kier alpha value is -3.01. The van der Waals surface area contributed by atoms with Gasteiger partial charge in [-0.15, -0.1) is 0 Å². The number of anilines is 3. The summed E-state index contributed by atoms with van der Waals surface area (Å²) in [5, 5.41) is 6.13. The average Bonchev–Trinajstić information content (AvgIpc) is 3.37. The van der Waals surface area contributed by atoms with Crippen LogP contribution in [0.25, 0.3) is 0 Å². The second kappa shape index (κ2) is 6.74. The van der Waals surface area contributed by atoms with Gasteiger partial charge in [-0.3, -0.25) is 19.1 Å². The number of aryl methyl sites for hydroxylation is 1. The maximum absolute atomic E-state index is 14.2. The molecule has 9 nitrogen and oxygen atoms in total. The number of amides is 1. The molecule has 5 rings (SSSR count). The number of alkyl halides is 1. The number of pyridine rings is 1. The number of nitrogens with one attached hydrogen (secondary N) is 2. The predicted octanol–water partition coefficient (Wildman–Crippen LogP) is 1.58. The number of rotatable bonds is 4. The smallest absolute Gasteiger partial charge is 0.276 e. The number of nitrogen functional groups attached to an aromatic ring is 1. The van der Waals surface area contributed by atoms with Crippen molar-refractivity contribution in [3.8, 4) is 0 Å². The SMILES string of the molecule is Cc1cc(Nc2ncnc(N)c2C)c(=O)n2c1C(=O)NC21CCN(CC2(F)CC2)CC1. The number of likely N-dealkylation sites (tertiary alicyclic amines) is 1. The van der Waals surface area contributed by atoms with Gasteiger partial charge in [-0.25, -0.2) is 14.4 Å². The topological polar surface area (TPSA) is 118 Å². The van der Waals surface area contributed by atoms with Gasteiger partial charge in [0.15, 0.2) is 0 Å². The van der Waals surface area contributed by atoms with Crippen LogP contribution < -0.4 is 21.9 Å². The van der Waals surface area contributed by atoms with E-state index in [0.717, 1.165) is 0 Å². The molecule has 2 fully saturated rings. The zero-order valence-corrected chi connectivity index (χ0v) is 17.7. The number of hydrogen-bond acceptors (Lipinski definition) is 7. The molecule has 1 saturated carbocycles. The van der Waals surface area contributed by atoms with Crippen molar-refractivity contribution in [1.29, 1.82) is 0 Å². The molecule has 164 valence electrons. The third-order valence-corrected chi connectivity index (χ3v) is 6.74. The lowest BCUT2D eigenvalue weighted by atomic mass is 9.96. The first-order valence-corrected chi connectivity index (χ1v) is 10.6. The molecule has 1 saturated heterocycles. The summed E-state index contributed by atoms with van der Waals surface area (Å²) in [6.07, 6.45) is 3.67. The van der Waals surface area contributed by atoms with Gasteiger partial charge in [0.05, 0.1) is 0 Å². The van der Waals surface area contributed by atoms with Gasteiger partial charge in [0.1, 0.15) is 40.7 Å². The van der Waals surface area contributed by atoms with E-state index in [4.69, 9.17) is 5.73 Å². The summed E-state index contributed by atoms with van der Waals surface area (Å²) in [6, 6.07) is 1.67. The van der Waals surface area contributed by atoms with Crippen molar-refractivity contribution in [2.75, 3.05) is 30.7 Å². The summed E-state index contributed by atoms with van der Waals surface area (Å²) in [6.45, 7) is 5.25. The Morgan fingerprint density at radius 1 is 1.19 bits per heavy atom. The van der Waals surface area contributed by atoms with E-state index in [1.165, 1.54) is 6.33 Å². The Bertz CT molecular complexity index is 1130. The Morgan fingerprint density at radius 2 is 1.90 bits per heavy atom. The minimum Gasteiger partial charge on any atom is -0.383 e. The number of nitrogens with two attached hydrogens (primary N) is 1. The summed E-state index contributed by atoms with van der Waals surface area (Å²) in [7, 11) is 0. The van der Waals surface area contributed by atoms with Crippen molar-refractivity contribution in [1.82, 2.24) is 24.8 Å². The maximum Gasteiger partial charge on any atom is 0.276 e. The molecule has 2 aromatic rings. The van der Waals surface area contributed by atoms with E-state index in [-0.39, 0.29) is 11.5 Å². The normalized spacial score (nSPS) is 21.1. The second-order valence-corrected chi connectivity index (χ2v) is 9.00. The fourth-order valence-electron chi connectivity index (χ4n) is 4.69. The van der Waals surface area contributed by atoms with Crippen LogP contribution in [-0.4, -0.2) is 50.6 Å². The van der Waals surface area contributed by atoms with Crippen LogP contribution in [0.2, 0.25) is 0 Å². The van der Waals surface area contributed by atoms with Crippen LogP contribution in [0.1, 0.15) is 47.3 Å². The molecule has 1 spiro atoms. The van der Waals surface area contributed by atoms with Crippen molar-refractivity contribution in [2.24, 2.45) is 0 Å². The minimum atomic E-state index is -1.05. The van der Waals surface area contributed by atoms with Crippen molar-refractivity contribution in [3.05, 3.63) is 39.6 Å². The summed E-state index contributed by atoms with van der Waals surface area (Å²) in [5.74, 6) is 0.530. The van der Waals surface area contributed by atoms with Gasteiger partial charge in [0.2, 0.25) is 0 Å². The molecule has 2 aliphatic heterocycles. The minimum absolute atomic E-state index is 0.249. The molecule has 3 aliphatic rings. The van der Waals surface area contributed by atoms with Crippen molar-refractivity contribution in [2.45, 2.75) is 50.9 Å². The van der Waals surface area contributed by atoms with Gasteiger partial charge in [-0.2, -0.15) is 0 Å². The van der Waals surface area contributed by atoms with Crippen LogP contribution in [0.5, 0.6) is 0 Å². The number of fused-ring (bicyclic) bond motifs is 2. The third kappa shape index (κ3) is 3.25. The summed E-state index contributed by atoms with van der Waals surface area (Å²) < 4.78 is 15.8. The highest BCUT2D eigenvalue weighted by atomic mass is 19.1. The van der Waals surface area contributed by atoms with Crippen molar-refractivity contribution >= 4 is 23.2 Å². The van der Waals surface area contributed by atoms with Gasteiger partial charge in [0, 0.05) is 38.0 Å². The molecule has 31 heavy (non-hydrogen) atoms. The highest BCUT2D eigenvalue weighted by Crippen LogP contribution is 2.42. The van der Waals surface area contributed by atoms with E-state index < -0.39 is 11.3 Å². The molecular formula is C21H26FN7O2. The Morgan fingerprint density at radius 3 is 2.58 bits per heavy atom. The number of hydrogen-bond donors (Lipinski definition) is 3. The molecule has 4 N–H and O–H groups in total. The standard InChI is InChI=1S/C21H26FN7O2/c1-12-9-14(26-17-13(2)16(23)24-11-25-17)19(31)29-15(12)18(30)27-21(29)5-7-28(8-6-21)10-20(22)3-4-20/h9,11H,3-8,10H2,1-2H3,(H,27,30)(H3,23,24,25,26). The number of halogens is 1. The monoisotopic (exact) mass is 427 g/mol. The highest BCUT2D eigenvalue weighted by Gasteiger charge is 2.49. The largest absolute Gasteiger partial charge is 0.383 e. The van der Waals surface area contributed by atoms with Gasteiger partial charge < -0.3 is 16.4 Å². The third-order valence-electron chi connectivity index (χ3n) is 6.74. The fourth-order valence-corrected chi connectivity index (χ4v) is 4.69. The molecule has 0 radical (unpaired) electrons. The molecule has 2 aromatic heterocycles. The highest BCUT2D eigenvalue weighted by molar-refractivity contribution is 5.97. The van der Waals surface area contributed by atoms with Crippen LogP contribution in [-0.2, 0) is 5.66 Å². The lowest BCUT2D eigenvalue weighted by Crippen LogP contribution is -2.55. The quantitative estimate of drug-likeness (QED) is 0.678. The molecule has 1 amide bonds. The summed E-state index contributed by atoms with van der Waals surface area (Å²) in [5.41, 5.74) is 5.75. The Labute approximate surface area is 178 Å². The molecular weight excluding hydrogens is 401 g/mol. The molecule has 0 atom stereocenters. The molecule has 0 bridgehead atoms. The van der Waals surface area contributed by atoms with Crippen molar-refractivity contribution < 1.29 is 9.18 Å². The van der Waals surface area contributed by atoms with Gasteiger partial charge >= 0.3 is 0 Å². The van der Waals surface area contributed by atoms with E-state index in [0.29, 0.717) is 79.5 Å². The van der Waals surface area contributed by atoms with E-state index in [1.54, 1.807) is 17.6 Å². The number of carbonyl (C=O) groups is 1. The number of carbonyl (C=O) groups excluding carboxylic acids is 1. The number of aromatic nitrogens is 3. The van der Waals surface area contributed by atoms with Crippen LogP contribution in [0.3, 0.4) is 0 Å². The number of piperidine rings is 1. The Balaban J connectivity index is 1.49. The first-order valence-electron chi connectivity index (χ1n) is 10.6. The van der Waals surface area contributed by atoms with Crippen LogP contribution in [0, 0.1) is 13.8 Å². The van der Waals surface area contributed by atoms with Crippen LogP contribution >= 0.6 is 0 Å². The van der Waals surface area contributed by atoms with E-state index in [9.17, 15) is 14.0 Å². The van der Waals surface area contributed by atoms with E-state index in [1.807, 2.05) is 6.92 Å². The van der Waals surface area contributed by atoms with E-state index >= 15 is 0 Å². The second-order valence-electron chi connectivity index (χ2n) is 9.00. The molecule has 1 aliphatic carbocycles. The Kier molecular flexibility index (Phi) is 4.34. The lowest BCUT2D eigenvalue weighted by molar-refractivity contribution is 0.0635. The summed E-state index contributed by atoms with van der Waals surface area (Å²) in [4.78, 5) is 36.5. The van der Waals surface area contributed by atoms with Gasteiger partial charge in [-0.05, 0) is 38.3 Å². The zero-order chi connectivity index (χ0) is 22.0. The molecule has 0 aromatic carbocycles. The maximum atomic E-state index is 14.2. The van der Waals surface area contributed by atoms with Crippen molar-refractivity contribution in [3.63, 3.8) is 0 Å². The van der Waals surface area contributed by atoms with Crippen LogP contribution in [0.15, 0.2) is 17.2 Å². The van der Waals surface area contributed by atoms with Gasteiger partial charge in [-0.1, -0.05) is 0 Å². The lowest BCUT2D eigenvalue weighted by Gasteiger charge is -2.40. The zero-order valence-electron chi connectivity index (χ0n) is 17.7. The van der Waals surface area contributed by atoms with E-state index in [2.05, 4.69) is 25.5 Å². The average molecular weight is 427 g/mol. The number of nitrogens with zero attached hydrogens (tertiary/aromatic N) is 4. The predicted molar refractivity (Wildman–Crippen MR) is 114 cm³/mol. The first-order chi connectivity index (χ1) is 14.7. The summed E-state index contributed by atoms with van der Waals surface area (Å²) >= 11 is 0. The van der Waals surface area contributed by atoms with Crippen LogP contribution in [0.4, 0.5) is 21.7 Å². The molecule has 10 heteroatoms. The molecule has 4 heterocycles. The first kappa shape index (κ1) is 19.9. The van der Waals surface area contributed by atoms with Gasteiger partial charge in [0.25, 0.3) is 11.5 Å². The fraction of sp³-hybridized carbons (Fsp3) is 0.524. The molecule has 0 unspecified atom stereocenters.